The monoisotopic (exact) mass is 336 g/mol. The lowest BCUT2D eigenvalue weighted by Crippen LogP contribution is -2.51. The molecule has 0 bridgehead atoms. The minimum atomic E-state index is -1.18. The van der Waals surface area contributed by atoms with Gasteiger partial charge in [0.05, 0.1) is 10.7 Å². The van der Waals surface area contributed by atoms with Crippen molar-refractivity contribution in [2.75, 3.05) is 24.5 Å². The highest BCUT2D eigenvalue weighted by Gasteiger charge is 2.51. The van der Waals surface area contributed by atoms with E-state index < -0.39 is 11.4 Å². The van der Waals surface area contributed by atoms with Crippen LogP contribution < -0.4 is 10.2 Å². The van der Waals surface area contributed by atoms with Crippen molar-refractivity contribution in [3.8, 4) is 0 Å². The highest BCUT2D eigenvalue weighted by atomic mass is 35.5. The summed E-state index contributed by atoms with van der Waals surface area (Å²) in [5, 5.41) is 12.9. The number of nitrogens with zero attached hydrogens (tertiary/aromatic N) is 1. The van der Waals surface area contributed by atoms with Crippen LogP contribution in [0.15, 0.2) is 24.3 Å². The van der Waals surface area contributed by atoms with E-state index in [0.717, 1.165) is 36.6 Å². The highest BCUT2D eigenvalue weighted by Crippen LogP contribution is 2.41. The van der Waals surface area contributed by atoms with Gasteiger partial charge in [0.15, 0.2) is 0 Å². The number of rotatable bonds is 5. The Labute approximate surface area is 140 Å². The van der Waals surface area contributed by atoms with Gasteiger partial charge in [0.25, 0.3) is 0 Å². The summed E-state index contributed by atoms with van der Waals surface area (Å²) in [7, 11) is 0. The first kappa shape index (κ1) is 16.1. The smallest absolute Gasteiger partial charge is 0.319 e. The van der Waals surface area contributed by atoms with Crippen LogP contribution in [0.25, 0.3) is 0 Å². The second-order valence-electron chi connectivity index (χ2n) is 6.50. The molecule has 6 heteroatoms. The summed E-state index contributed by atoms with van der Waals surface area (Å²) in [5.41, 5.74) is -0.162. The van der Waals surface area contributed by atoms with E-state index in [1.165, 1.54) is 0 Å². The zero-order valence-electron chi connectivity index (χ0n) is 12.9. The minimum absolute atomic E-state index is 0.321. The van der Waals surface area contributed by atoms with Crippen molar-refractivity contribution in [2.24, 2.45) is 11.3 Å². The maximum atomic E-state index is 12.2. The largest absolute Gasteiger partial charge is 0.480 e. The predicted molar refractivity (Wildman–Crippen MR) is 88.7 cm³/mol. The Morgan fingerprint density at radius 1 is 1.35 bits per heavy atom. The molecule has 1 saturated carbocycles. The summed E-state index contributed by atoms with van der Waals surface area (Å²) < 4.78 is 0. The van der Waals surface area contributed by atoms with Crippen molar-refractivity contribution in [1.82, 2.24) is 5.32 Å². The van der Waals surface area contributed by atoms with Gasteiger partial charge in [-0.25, -0.2) is 0 Å². The Morgan fingerprint density at radius 3 is 2.70 bits per heavy atom. The van der Waals surface area contributed by atoms with E-state index in [-0.39, 0.29) is 5.91 Å². The number of hydrogen-bond donors (Lipinski definition) is 2. The fraction of sp³-hybridized carbons (Fsp3) is 0.529. The van der Waals surface area contributed by atoms with Crippen molar-refractivity contribution in [2.45, 2.75) is 25.7 Å². The van der Waals surface area contributed by atoms with E-state index >= 15 is 0 Å². The molecule has 2 aliphatic rings. The van der Waals surface area contributed by atoms with Crippen LogP contribution in [-0.4, -0.2) is 36.6 Å². The summed E-state index contributed by atoms with van der Waals surface area (Å²) in [6.45, 7) is 2.24. The van der Waals surface area contributed by atoms with E-state index in [1.54, 1.807) is 0 Å². The van der Waals surface area contributed by atoms with Crippen LogP contribution >= 0.6 is 11.6 Å². The van der Waals surface area contributed by atoms with Crippen LogP contribution in [0, 0.1) is 11.3 Å². The number of carbonyl (C=O) groups is 2. The molecule has 2 N–H and O–H groups in total. The average molecular weight is 337 g/mol. The van der Waals surface area contributed by atoms with E-state index in [1.807, 2.05) is 24.3 Å². The lowest BCUT2D eigenvalue weighted by molar-refractivity contribution is -0.162. The summed E-state index contributed by atoms with van der Waals surface area (Å²) in [4.78, 5) is 25.8. The van der Waals surface area contributed by atoms with Gasteiger partial charge in [-0.15, -0.1) is 0 Å². The standard InChI is InChI=1S/C17H21ClN2O3/c18-13-4-1-2-5-14(13)20-9-6-12(11-20)10-19-15(21)17(16(22)23)7-3-8-17/h1-2,4-5,12H,3,6-11H2,(H,19,21)(H,22,23). The SMILES string of the molecule is O=C(O)C1(C(=O)NCC2CCN(c3ccccc3Cl)C2)CCC1. The molecule has 1 aromatic carbocycles. The number of benzene rings is 1. The number of halogens is 1. The number of carbonyl (C=O) groups excluding carboxylic acids is 1. The third kappa shape index (κ3) is 3.02. The zero-order chi connectivity index (χ0) is 16.4. The molecule has 1 aliphatic carbocycles. The van der Waals surface area contributed by atoms with Crippen molar-refractivity contribution >= 4 is 29.2 Å². The van der Waals surface area contributed by atoms with Gasteiger partial charge in [-0.2, -0.15) is 0 Å². The molecule has 3 rings (SSSR count). The number of aliphatic carboxylic acids is 1. The molecule has 124 valence electrons. The van der Waals surface area contributed by atoms with Gasteiger partial charge in [0, 0.05) is 19.6 Å². The second kappa shape index (κ2) is 6.40. The topological polar surface area (TPSA) is 69.6 Å². The molecule has 1 saturated heterocycles. The predicted octanol–water partition coefficient (Wildman–Crippen LogP) is 2.54. The molecule has 1 heterocycles. The molecule has 23 heavy (non-hydrogen) atoms. The molecule has 1 aromatic rings. The molecule has 2 fully saturated rings. The van der Waals surface area contributed by atoms with Crippen LogP contribution in [-0.2, 0) is 9.59 Å². The van der Waals surface area contributed by atoms with Crippen molar-refractivity contribution in [3.05, 3.63) is 29.3 Å². The third-order valence-electron chi connectivity index (χ3n) is 5.08. The van der Waals surface area contributed by atoms with E-state index in [9.17, 15) is 14.7 Å². The number of nitrogens with one attached hydrogen (secondary N) is 1. The number of anilines is 1. The maximum absolute atomic E-state index is 12.2. The Balaban J connectivity index is 1.54. The maximum Gasteiger partial charge on any atom is 0.319 e. The normalized spacial score (nSPS) is 22.5. The third-order valence-corrected chi connectivity index (χ3v) is 5.40. The van der Waals surface area contributed by atoms with Gasteiger partial charge >= 0.3 is 5.97 Å². The Hall–Kier alpha value is -1.75. The number of carboxylic acids is 1. The lowest BCUT2D eigenvalue weighted by Gasteiger charge is -2.36. The van der Waals surface area contributed by atoms with E-state index in [2.05, 4.69) is 10.2 Å². The van der Waals surface area contributed by atoms with Gasteiger partial charge in [0.2, 0.25) is 5.91 Å². The fourth-order valence-corrected chi connectivity index (χ4v) is 3.66. The number of para-hydroxylation sites is 1. The minimum Gasteiger partial charge on any atom is -0.480 e. The summed E-state index contributed by atoms with van der Waals surface area (Å²) >= 11 is 6.22. The molecular formula is C17H21ClN2O3. The first-order valence-electron chi connectivity index (χ1n) is 8.04. The Bertz CT molecular complexity index is 616. The Kier molecular flexibility index (Phi) is 4.48. The van der Waals surface area contributed by atoms with Gasteiger partial charge < -0.3 is 15.3 Å². The molecule has 1 aliphatic heterocycles. The Morgan fingerprint density at radius 2 is 2.09 bits per heavy atom. The second-order valence-corrected chi connectivity index (χ2v) is 6.91. The van der Waals surface area contributed by atoms with Gasteiger partial charge in [-0.3, -0.25) is 9.59 Å². The van der Waals surface area contributed by atoms with Crippen LogP contribution in [0.4, 0.5) is 5.69 Å². The number of carboxylic acid groups (broad SMARTS) is 1. The van der Waals surface area contributed by atoms with E-state index in [0.29, 0.717) is 25.3 Å². The molecule has 1 amide bonds. The number of amides is 1. The first-order chi connectivity index (χ1) is 11.0. The van der Waals surface area contributed by atoms with Crippen molar-refractivity contribution in [3.63, 3.8) is 0 Å². The van der Waals surface area contributed by atoms with Crippen LogP contribution in [0.1, 0.15) is 25.7 Å². The lowest BCUT2D eigenvalue weighted by atomic mass is 9.68. The average Bonchev–Trinajstić information content (AvgIpc) is 2.92. The summed E-state index contributed by atoms with van der Waals surface area (Å²) in [6.07, 6.45) is 2.67. The quantitative estimate of drug-likeness (QED) is 0.811. The van der Waals surface area contributed by atoms with Crippen LogP contribution in [0.3, 0.4) is 0 Å². The van der Waals surface area contributed by atoms with Crippen molar-refractivity contribution < 1.29 is 14.7 Å². The molecule has 0 radical (unpaired) electrons. The summed E-state index contributed by atoms with van der Waals surface area (Å²) in [6, 6.07) is 7.74. The van der Waals surface area contributed by atoms with Gasteiger partial charge in [0.1, 0.15) is 5.41 Å². The van der Waals surface area contributed by atoms with Crippen LogP contribution in [0.5, 0.6) is 0 Å². The molecule has 0 aromatic heterocycles. The fourth-order valence-electron chi connectivity index (χ4n) is 3.40. The van der Waals surface area contributed by atoms with Crippen molar-refractivity contribution in [1.29, 1.82) is 0 Å². The molecule has 0 spiro atoms. The molecule has 5 nitrogen and oxygen atoms in total. The van der Waals surface area contributed by atoms with Gasteiger partial charge in [-0.05, 0) is 37.3 Å². The first-order valence-corrected chi connectivity index (χ1v) is 8.42. The number of hydrogen-bond acceptors (Lipinski definition) is 3. The molecular weight excluding hydrogens is 316 g/mol. The van der Waals surface area contributed by atoms with Gasteiger partial charge in [-0.1, -0.05) is 30.2 Å². The highest BCUT2D eigenvalue weighted by molar-refractivity contribution is 6.33. The van der Waals surface area contributed by atoms with Crippen LogP contribution in [0.2, 0.25) is 5.02 Å². The summed E-state index contributed by atoms with van der Waals surface area (Å²) in [5.74, 6) is -1.00. The molecule has 1 unspecified atom stereocenters. The molecule has 1 atom stereocenters. The van der Waals surface area contributed by atoms with E-state index in [4.69, 9.17) is 11.6 Å². The zero-order valence-corrected chi connectivity index (χ0v) is 13.7.